The number of hydrogen-bond donors (Lipinski definition) is 3. The van der Waals surface area contributed by atoms with Crippen molar-refractivity contribution in [1.82, 2.24) is 19.9 Å². The summed E-state index contributed by atoms with van der Waals surface area (Å²) in [7, 11) is 0. The van der Waals surface area contributed by atoms with E-state index in [9.17, 15) is 9.90 Å². The number of aromatic amines is 2. The Balaban J connectivity index is 1.86. The smallest absolute Gasteiger partial charge is 0.335 e. The first-order valence-corrected chi connectivity index (χ1v) is 17.1. The molecule has 47 heavy (non-hydrogen) atoms. The maximum Gasteiger partial charge on any atom is 0.335 e. The summed E-state index contributed by atoms with van der Waals surface area (Å²) in [6.45, 7) is 17.6. The zero-order valence-corrected chi connectivity index (χ0v) is 29.0. The number of H-pyrrole nitrogens is 2. The van der Waals surface area contributed by atoms with E-state index in [1.54, 1.807) is 12.1 Å². The predicted molar refractivity (Wildman–Crippen MR) is 196 cm³/mol. The summed E-state index contributed by atoms with van der Waals surface area (Å²) in [6, 6.07) is 13.9. The van der Waals surface area contributed by atoms with Crippen LogP contribution < -0.4 is 0 Å². The molecule has 3 N–H and O–H groups in total. The van der Waals surface area contributed by atoms with E-state index in [4.69, 9.17) is 9.97 Å². The lowest BCUT2D eigenvalue weighted by atomic mass is 9.93. The molecule has 6 rings (SSSR count). The highest BCUT2D eigenvalue weighted by Crippen LogP contribution is 2.43. The molecule has 242 valence electrons. The van der Waals surface area contributed by atoms with Crippen molar-refractivity contribution in [2.75, 3.05) is 0 Å². The van der Waals surface area contributed by atoms with Crippen molar-refractivity contribution >= 4 is 50.3 Å². The molecule has 8 bridgehead atoms. The molecule has 0 amide bonds. The van der Waals surface area contributed by atoms with Crippen molar-refractivity contribution < 1.29 is 9.90 Å². The van der Waals surface area contributed by atoms with Gasteiger partial charge in [-0.2, -0.15) is 0 Å². The average molecular weight is 627 g/mol. The van der Waals surface area contributed by atoms with Crippen LogP contribution in [0.1, 0.15) is 123 Å². The van der Waals surface area contributed by atoms with E-state index in [1.807, 2.05) is 12.1 Å². The van der Waals surface area contributed by atoms with Gasteiger partial charge in [-0.05, 0) is 134 Å². The van der Waals surface area contributed by atoms with E-state index < -0.39 is 5.97 Å². The second-order valence-electron chi connectivity index (χ2n) is 12.9. The first kappa shape index (κ1) is 32.2. The number of benzene rings is 1. The Morgan fingerprint density at radius 1 is 0.660 bits per heavy atom. The van der Waals surface area contributed by atoms with Crippen LogP contribution in [0.3, 0.4) is 0 Å². The van der Waals surface area contributed by atoms with E-state index >= 15 is 0 Å². The Morgan fingerprint density at radius 2 is 1.11 bits per heavy atom. The van der Waals surface area contributed by atoms with E-state index in [-0.39, 0.29) is 5.56 Å². The number of aromatic carboxylic acids is 1. The maximum atomic E-state index is 11.8. The SMILES string of the molecule is CCCc1c(C)c2cc3[nH]c(cc4nc(c(-c5ccc(C(=O)O)cc5)c5nc(cc1[nH]2)C(CC)=C5C)C(C)=C4CC)c(CCC)c3C. The summed E-state index contributed by atoms with van der Waals surface area (Å²) >= 11 is 0. The normalized spacial score (nSPS) is 13.2. The van der Waals surface area contributed by atoms with Gasteiger partial charge >= 0.3 is 5.97 Å². The van der Waals surface area contributed by atoms with E-state index in [2.05, 4.69) is 83.6 Å². The number of carboxylic acids is 1. The number of fused-ring (bicyclic) bond motifs is 8. The Bertz CT molecular complexity index is 2020. The van der Waals surface area contributed by atoms with E-state index in [0.717, 1.165) is 106 Å². The summed E-state index contributed by atoms with van der Waals surface area (Å²) in [5.74, 6) is -0.940. The summed E-state index contributed by atoms with van der Waals surface area (Å²) in [4.78, 5) is 30.2. The van der Waals surface area contributed by atoms with Crippen LogP contribution >= 0.6 is 0 Å². The van der Waals surface area contributed by atoms with Gasteiger partial charge in [0.05, 0.1) is 28.3 Å². The lowest BCUT2D eigenvalue weighted by Crippen LogP contribution is -1.97. The molecule has 2 aliphatic rings. The molecular weight excluding hydrogens is 580 g/mol. The summed E-state index contributed by atoms with van der Waals surface area (Å²) < 4.78 is 0. The largest absolute Gasteiger partial charge is 0.478 e. The molecule has 0 unspecified atom stereocenters. The number of carbonyl (C=O) groups is 1. The van der Waals surface area contributed by atoms with Crippen molar-refractivity contribution in [3.8, 4) is 11.1 Å². The number of nitrogens with one attached hydrogen (secondary N) is 2. The van der Waals surface area contributed by atoms with Crippen LogP contribution in [0, 0.1) is 13.8 Å². The number of hydrogen-bond acceptors (Lipinski definition) is 3. The fraction of sp³-hybridized carbons (Fsp3) is 0.341. The summed E-state index contributed by atoms with van der Waals surface area (Å²) in [5, 5.41) is 9.66. The molecule has 0 radical (unpaired) electrons. The number of carboxylic acid groups (broad SMARTS) is 1. The lowest BCUT2D eigenvalue weighted by Gasteiger charge is -2.10. The van der Waals surface area contributed by atoms with Gasteiger partial charge in [-0.25, -0.2) is 14.8 Å². The van der Waals surface area contributed by atoms with Gasteiger partial charge in [0.1, 0.15) is 0 Å². The molecule has 0 aliphatic carbocycles. The van der Waals surface area contributed by atoms with Crippen LogP contribution in [0.25, 0.3) is 55.5 Å². The minimum absolute atomic E-state index is 0.257. The summed E-state index contributed by atoms with van der Waals surface area (Å²) in [5.41, 5.74) is 20.2. The van der Waals surface area contributed by atoms with Gasteiger partial charge in [0, 0.05) is 27.6 Å². The minimum atomic E-state index is -0.940. The second-order valence-corrected chi connectivity index (χ2v) is 12.9. The minimum Gasteiger partial charge on any atom is -0.478 e. The number of aromatic nitrogens is 4. The van der Waals surface area contributed by atoms with Crippen LogP contribution in [0.4, 0.5) is 0 Å². The molecule has 0 atom stereocenters. The maximum absolute atomic E-state index is 11.8. The van der Waals surface area contributed by atoms with Crippen molar-refractivity contribution in [3.05, 3.63) is 93.1 Å². The Hall–Kier alpha value is -4.71. The van der Waals surface area contributed by atoms with Gasteiger partial charge in [0.2, 0.25) is 0 Å². The van der Waals surface area contributed by atoms with Gasteiger partial charge in [-0.3, -0.25) is 0 Å². The molecule has 2 aliphatic heterocycles. The van der Waals surface area contributed by atoms with Crippen molar-refractivity contribution in [1.29, 1.82) is 0 Å². The quantitative estimate of drug-likeness (QED) is 0.181. The lowest BCUT2D eigenvalue weighted by molar-refractivity contribution is 0.0697. The first-order valence-electron chi connectivity index (χ1n) is 17.1. The standard InChI is InChI=1S/C41H46N4O2/c1-9-13-30-22(5)32-19-33-23(6)31(14-10-2)37(43-33)21-35-29(12-4)25(8)40(45-35)38(26-15-17-27(18-16-26)41(46)47)39-24(7)28(11-3)34(44-39)20-36(30)42-32/h15-21,42-43H,9-14H2,1-8H3,(H,46,47). The molecule has 5 heterocycles. The predicted octanol–water partition coefficient (Wildman–Crippen LogP) is 10.9. The van der Waals surface area contributed by atoms with Crippen LogP contribution in [-0.4, -0.2) is 31.0 Å². The molecule has 1 aromatic carbocycles. The van der Waals surface area contributed by atoms with Gasteiger partial charge in [-0.1, -0.05) is 52.7 Å². The number of aryl methyl sites for hydroxylation is 4. The molecule has 0 fully saturated rings. The van der Waals surface area contributed by atoms with Gasteiger partial charge < -0.3 is 15.1 Å². The van der Waals surface area contributed by atoms with Crippen molar-refractivity contribution in [2.45, 2.75) is 93.9 Å². The highest BCUT2D eigenvalue weighted by atomic mass is 16.4. The first-order chi connectivity index (χ1) is 22.6. The fourth-order valence-electron chi connectivity index (χ4n) is 7.45. The average Bonchev–Trinajstić information content (AvgIpc) is 3.72. The molecule has 0 spiro atoms. The Morgan fingerprint density at radius 3 is 1.49 bits per heavy atom. The summed E-state index contributed by atoms with van der Waals surface area (Å²) in [6.07, 6.45) is 5.74. The van der Waals surface area contributed by atoms with Crippen LogP contribution in [0.2, 0.25) is 0 Å². The van der Waals surface area contributed by atoms with E-state index in [0.29, 0.717) is 0 Å². The molecular formula is C41H46N4O2. The van der Waals surface area contributed by atoms with Crippen LogP contribution in [-0.2, 0) is 12.8 Å². The molecule has 6 heteroatoms. The van der Waals surface area contributed by atoms with Gasteiger partial charge in [-0.15, -0.1) is 0 Å². The van der Waals surface area contributed by atoms with Crippen molar-refractivity contribution in [2.24, 2.45) is 0 Å². The van der Waals surface area contributed by atoms with Gasteiger partial charge in [0.25, 0.3) is 0 Å². The fourth-order valence-corrected chi connectivity index (χ4v) is 7.45. The third-order valence-corrected chi connectivity index (χ3v) is 10.1. The highest BCUT2D eigenvalue weighted by Gasteiger charge is 2.26. The molecule has 3 aromatic heterocycles. The topological polar surface area (TPSA) is 94.7 Å². The van der Waals surface area contributed by atoms with Gasteiger partial charge in [0.15, 0.2) is 0 Å². The monoisotopic (exact) mass is 626 g/mol. The third kappa shape index (κ3) is 5.54. The zero-order valence-electron chi connectivity index (χ0n) is 29.0. The van der Waals surface area contributed by atoms with Crippen molar-refractivity contribution in [3.63, 3.8) is 0 Å². The van der Waals surface area contributed by atoms with E-state index in [1.165, 1.54) is 33.4 Å². The number of nitrogens with zero attached hydrogens (tertiary/aromatic N) is 2. The Labute approximate surface area is 277 Å². The van der Waals surface area contributed by atoms with Crippen LogP contribution in [0.5, 0.6) is 0 Å². The third-order valence-electron chi connectivity index (χ3n) is 10.1. The molecule has 6 nitrogen and oxygen atoms in total. The molecule has 4 aromatic rings. The molecule has 0 saturated carbocycles. The number of rotatable bonds is 8. The highest BCUT2D eigenvalue weighted by molar-refractivity contribution is 6.02. The number of allylic oxidation sites excluding steroid dienone is 4. The zero-order chi connectivity index (χ0) is 33.6. The Kier molecular flexibility index (Phi) is 8.80. The van der Waals surface area contributed by atoms with Crippen LogP contribution in [0.15, 0.2) is 42.5 Å². The molecule has 0 saturated heterocycles. The second kappa shape index (κ2) is 12.8.